The van der Waals surface area contributed by atoms with Crippen LogP contribution < -0.4 is 5.73 Å². The Morgan fingerprint density at radius 3 is 2.71 bits per heavy atom. The van der Waals surface area contributed by atoms with Crippen LogP contribution in [0.4, 0.5) is 0 Å². The van der Waals surface area contributed by atoms with Crippen molar-refractivity contribution in [1.29, 1.82) is 0 Å². The van der Waals surface area contributed by atoms with Gasteiger partial charge in [0.15, 0.2) is 0 Å². The molecule has 2 N–H and O–H groups in total. The first kappa shape index (κ1) is 11.2. The van der Waals surface area contributed by atoms with Crippen LogP contribution >= 0.6 is 0 Å². The lowest BCUT2D eigenvalue weighted by Crippen LogP contribution is -2.40. The van der Waals surface area contributed by atoms with Gasteiger partial charge in [-0.15, -0.1) is 0 Å². The molecule has 2 atom stereocenters. The fraction of sp³-hybridized carbons (Fsp3) is 0.600. The Kier molecular flexibility index (Phi) is 2.53. The van der Waals surface area contributed by atoms with Gasteiger partial charge in [-0.3, -0.25) is 4.90 Å². The van der Waals surface area contributed by atoms with E-state index in [0.29, 0.717) is 11.5 Å². The molecule has 92 valence electrons. The van der Waals surface area contributed by atoms with E-state index in [0.717, 1.165) is 6.42 Å². The van der Waals surface area contributed by atoms with Crippen LogP contribution in [0.1, 0.15) is 37.4 Å². The highest BCUT2D eigenvalue weighted by Crippen LogP contribution is 2.38. The molecule has 2 heteroatoms. The van der Waals surface area contributed by atoms with Crippen LogP contribution in [0.15, 0.2) is 24.3 Å². The number of nitrogens with zero attached hydrogens (tertiary/aromatic N) is 1. The van der Waals surface area contributed by atoms with Crippen molar-refractivity contribution in [3.05, 3.63) is 35.4 Å². The molecule has 1 saturated heterocycles. The summed E-state index contributed by atoms with van der Waals surface area (Å²) in [4.78, 5) is 2.60. The van der Waals surface area contributed by atoms with Gasteiger partial charge < -0.3 is 5.73 Å². The van der Waals surface area contributed by atoms with E-state index in [4.69, 9.17) is 5.73 Å². The fourth-order valence-electron chi connectivity index (χ4n) is 3.40. The fourth-order valence-corrected chi connectivity index (χ4v) is 3.40. The van der Waals surface area contributed by atoms with Crippen molar-refractivity contribution >= 4 is 0 Å². The molecule has 3 rings (SSSR count). The average molecular weight is 230 g/mol. The zero-order chi connectivity index (χ0) is 12.0. The number of rotatable bonds is 1. The zero-order valence-electron chi connectivity index (χ0n) is 10.8. The molecule has 1 heterocycles. The summed E-state index contributed by atoms with van der Waals surface area (Å²) in [7, 11) is 0. The van der Waals surface area contributed by atoms with E-state index in [9.17, 15) is 0 Å². The van der Waals surface area contributed by atoms with Gasteiger partial charge in [0.2, 0.25) is 0 Å². The Labute approximate surface area is 104 Å². The summed E-state index contributed by atoms with van der Waals surface area (Å²) in [6, 6.07) is 9.39. The molecule has 0 spiro atoms. The largest absolute Gasteiger partial charge is 0.323 e. The van der Waals surface area contributed by atoms with Gasteiger partial charge in [-0.2, -0.15) is 0 Å². The number of fused-ring (bicyclic) bond motifs is 1. The number of benzene rings is 1. The smallest absolute Gasteiger partial charge is 0.0459 e. The average Bonchev–Trinajstić information content (AvgIpc) is 2.81. The third kappa shape index (κ3) is 1.90. The van der Waals surface area contributed by atoms with E-state index in [1.807, 2.05) is 0 Å². The lowest BCUT2D eigenvalue weighted by Gasteiger charge is -2.29. The van der Waals surface area contributed by atoms with E-state index in [1.165, 1.54) is 30.6 Å². The maximum Gasteiger partial charge on any atom is 0.0459 e. The Bertz CT molecular complexity index is 425. The molecule has 0 aromatic heterocycles. The molecule has 1 aromatic rings. The van der Waals surface area contributed by atoms with E-state index < -0.39 is 0 Å². The van der Waals surface area contributed by atoms with Crippen LogP contribution in [-0.4, -0.2) is 24.0 Å². The summed E-state index contributed by atoms with van der Waals surface area (Å²) >= 11 is 0. The monoisotopic (exact) mass is 230 g/mol. The first-order valence-electron chi connectivity index (χ1n) is 6.64. The van der Waals surface area contributed by atoms with Gasteiger partial charge in [-0.1, -0.05) is 38.1 Å². The van der Waals surface area contributed by atoms with Crippen LogP contribution in [0.5, 0.6) is 0 Å². The number of nitrogens with two attached hydrogens (primary N) is 1. The second-order valence-corrected chi connectivity index (χ2v) is 6.38. The van der Waals surface area contributed by atoms with Crippen molar-refractivity contribution < 1.29 is 0 Å². The topological polar surface area (TPSA) is 29.3 Å². The summed E-state index contributed by atoms with van der Waals surface area (Å²) in [6.45, 7) is 7.12. The molecular weight excluding hydrogens is 208 g/mol. The number of likely N-dealkylation sites (tertiary alicyclic amines) is 1. The van der Waals surface area contributed by atoms with Gasteiger partial charge >= 0.3 is 0 Å². The van der Waals surface area contributed by atoms with Gasteiger partial charge in [0.1, 0.15) is 0 Å². The van der Waals surface area contributed by atoms with E-state index in [1.54, 1.807) is 0 Å². The summed E-state index contributed by atoms with van der Waals surface area (Å²) in [6.07, 6.45) is 2.43. The molecule has 0 amide bonds. The zero-order valence-corrected chi connectivity index (χ0v) is 10.8. The summed E-state index contributed by atoms with van der Waals surface area (Å²) in [5.74, 6) is 0. The molecular formula is C15H22N2. The molecule has 1 aliphatic heterocycles. The molecule has 2 aliphatic rings. The number of hydrogen-bond donors (Lipinski definition) is 1. The maximum atomic E-state index is 6.42. The van der Waals surface area contributed by atoms with Crippen LogP contribution in [-0.2, 0) is 6.42 Å². The molecule has 2 unspecified atom stereocenters. The minimum Gasteiger partial charge on any atom is -0.323 e. The predicted octanol–water partition coefficient (Wildman–Crippen LogP) is 2.34. The normalized spacial score (nSPS) is 31.7. The predicted molar refractivity (Wildman–Crippen MR) is 70.8 cm³/mol. The van der Waals surface area contributed by atoms with Crippen LogP contribution in [0.2, 0.25) is 0 Å². The summed E-state index contributed by atoms with van der Waals surface area (Å²) in [5.41, 5.74) is 9.70. The standard InChI is InChI=1S/C15H22N2/c1-15(2)7-8-17(10-15)13-9-11-5-3-4-6-12(11)14(13)16/h3-6,13-14H,7-10,16H2,1-2H3. The van der Waals surface area contributed by atoms with Crippen LogP contribution in [0.25, 0.3) is 0 Å². The lowest BCUT2D eigenvalue weighted by molar-refractivity contribution is 0.200. The molecule has 2 nitrogen and oxygen atoms in total. The van der Waals surface area contributed by atoms with Crippen molar-refractivity contribution in [1.82, 2.24) is 4.90 Å². The highest BCUT2D eigenvalue weighted by molar-refractivity contribution is 5.37. The van der Waals surface area contributed by atoms with Crippen molar-refractivity contribution in [3.8, 4) is 0 Å². The van der Waals surface area contributed by atoms with Crippen molar-refractivity contribution in [2.24, 2.45) is 11.1 Å². The molecule has 0 saturated carbocycles. The van der Waals surface area contributed by atoms with Crippen LogP contribution in [0.3, 0.4) is 0 Å². The molecule has 17 heavy (non-hydrogen) atoms. The van der Waals surface area contributed by atoms with Crippen LogP contribution in [0, 0.1) is 5.41 Å². The maximum absolute atomic E-state index is 6.42. The lowest BCUT2D eigenvalue weighted by atomic mass is 9.93. The van der Waals surface area contributed by atoms with Gasteiger partial charge in [-0.05, 0) is 35.9 Å². The van der Waals surface area contributed by atoms with E-state index >= 15 is 0 Å². The molecule has 0 bridgehead atoms. The highest BCUT2D eigenvalue weighted by atomic mass is 15.2. The summed E-state index contributed by atoms with van der Waals surface area (Å²) in [5, 5.41) is 0. The molecule has 1 aliphatic carbocycles. The quantitative estimate of drug-likeness (QED) is 0.802. The first-order valence-corrected chi connectivity index (χ1v) is 6.64. The Hall–Kier alpha value is -0.860. The van der Waals surface area contributed by atoms with E-state index in [-0.39, 0.29) is 6.04 Å². The Balaban J connectivity index is 1.81. The third-order valence-electron chi connectivity index (χ3n) is 4.43. The Morgan fingerprint density at radius 1 is 1.29 bits per heavy atom. The molecule has 1 fully saturated rings. The second-order valence-electron chi connectivity index (χ2n) is 6.38. The minimum atomic E-state index is 0.208. The van der Waals surface area contributed by atoms with Crippen molar-refractivity contribution in [3.63, 3.8) is 0 Å². The van der Waals surface area contributed by atoms with Crippen molar-refractivity contribution in [2.45, 2.75) is 38.8 Å². The van der Waals surface area contributed by atoms with Crippen molar-refractivity contribution in [2.75, 3.05) is 13.1 Å². The third-order valence-corrected chi connectivity index (χ3v) is 4.43. The Morgan fingerprint density at radius 2 is 2.06 bits per heavy atom. The summed E-state index contributed by atoms with van der Waals surface area (Å²) < 4.78 is 0. The highest BCUT2D eigenvalue weighted by Gasteiger charge is 2.39. The van der Waals surface area contributed by atoms with Gasteiger partial charge in [-0.25, -0.2) is 0 Å². The number of hydrogen-bond acceptors (Lipinski definition) is 2. The molecule has 1 aromatic carbocycles. The minimum absolute atomic E-state index is 0.208. The van der Waals surface area contributed by atoms with Gasteiger partial charge in [0.05, 0.1) is 0 Å². The van der Waals surface area contributed by atoms with Gasteiger partial charge in [0.25, 0.3) is 0 Å². The first-order chi connectivity index (χ1) is 8.07. The van der Waals surface area contributed by atoms with Gasteiger partial charge in [0, 0.05) is 18.6 Å². The molecule has 0 radical (unpaired) electrons. The SMILES string of the molecule is CC1(C)CCN(C2Cc3ccccc3C2N)C1. The van der Waals surface area contributed by atoms with E-state index in [2.05, 4.69) is 43.0 Å². The second kappa shape index (κ2) is 3.82.